The molecule has 1 aliphatic carbocycles. The first-order valence-electron chi connectivity index (χ1n) is 12.0. The van der Waals surface area contributed by atoms with Crippen molar-refractivity contribution in [1.29, 1.82) is 0 Å². The van der Waals surface area contributed by atoms with Gasteiger partial charge in [0.15, 0.2) is 0 Å². The number of benzene rings is 1. The van der Waals surface area contributed by atoms with Gasteiger partial charge in [-0.3, -0.25) is 4.79 Å². The zero-order valence-corrected chi connectivity index (χ0v) is 20.0. The van der Waals surface area contributed by atoms with Crippen LogP contribution >= 0.6 is 0 Å². The van der Waals surface area contributed by atoms with Gasteiger partial charge in [-0.05, 0) is 44.7 Å². The number of aromatic nitrogens is 2. The van der Waals surface area contributed by atoms with E-state index in [0.717, 1.165) is 68.1 Å². The molecule has 6 heteroatoms. The van der Waals surface area contributed by atoms with E-state index in [1.807, 2.05) is 30.9 Å². The maximum atomic E-state index is 13.8. The van der Waals surface area contributed by atoms with Crippen molar-refractivity contribution in [3.63, 3.8) is 0 Å². The lowest BCUT2D eigenvalue weighted by Gasteiger charge is -2.33. The second-order valence-corrected chi connectivity index (χ2v) is 9.82. The van der Waals surface area contributed by atoms with Crippen LogP contribution in [0.15, 0.2) is 30.3 Å². The summed E-state index contributed by atoms with van der Waals surface area (Å²) in [4.78, 5) is 27.4. The van der Waals surface area contributed by atoms with E-state index in [0.29, 0.717) is 12.5 Å². The number of piperidine rings is 1. The van der Waals surface area contributed by atoms with Gasteiger partial charge in [-0.2, -0.15) is 0 Å². The van der Waals surface area contributed by atoms with Crippen LogP contribution in [-0.4, -0.2) is 55.0 Å². The third-order valence-corrected chi connectivity index (χ3v) is 7.15. The van der Waals surface area contributed by atoms with E-state index in [9.17, 15) is 4.79 Å². The maximum absolute atomic E-state index is 13.8. The van der Waals surface area contributed by atoms with Crippen molar-refractivity contribution in [2.24, 2.45) is 0 Å². The van der Waals surface area contributed by atoms with Gasteiger partial charge in [0.25, 0.3) is 0 Å². The van der Waals surface area contributed by atoms with E-state index in [1.54, 1.807) is 0 Å². The van der Waals surface area contributed by atoms with Crippen LogP contribution in [0.25, 0.3) is 0 Å². The third kappa shape index (κ3) is 4.65. The maximum Gasteiger partial charge on any atom is 0.233 e. The van der Waals surface area contributed by atoms with Crippen LogP contribution in [-0.2, 0) is 16.8 Å². The first kappa shape index (κ1) is 22.7. The number of hydrogen-bond donors (Lipinski definition) is 1. The Morgan fingerprint density at radius 3 is 2.44 bits per heavy atom. The van der Waals surface area contributed by atoms with Gasteiger partial charge in [-0.1, -0.05) is 42.7 Å². The number of anilines is 1. The first-order chi connectivity index (χ1) is 15.4. The number of nitrogens with zero attached hydrogens (tertiary/aromatic N) is 4. The molecule has 0 spiro atoms. The molecule has 2 fully saturated rings. The summed E-state index contributed by atoms with van der Waals surface area (Å²) in [6.45, 7) is 4.55. The Morgan fingerprint density at radius 1 is 1.09 bits per heavy atom. The molecule has 1 aromatic carbocycles. The number of carbonyl (C=O) groups is 1. The van der Waals surface area contributed by atoms with Crippen LogP contribution < -0.4 is 10.2 Å². The summed E-state index contributed by atoms with van der Waals surface area (Å²) in [5.74, 6) is 2.23. The molecular weight excluding hydrogens is 398 g/mol. The summed E-state index contributed by atoms with van der Waals surface area (Å²) >= 11 is 0. The molecule has 1 aromatic heterocycles. The number of carbonyl (C=O) groups excluding carboxylic acids is 1. The molecule has 1 aliphatic heterocycles. The normalized spacial score (nSPS) is 20.2. The van der Waals surface area contributed by atoms with Crippen molar-refractivity contribution in [3.05, 3.63) is 53.0 Å². The van der Waals surface area contributed by atoms with Gasteiger partial charge in [0.1, 0.15) is 11.6 Å². The quantitative estimate of drug-likeness (QED) is 0.748. The molecule has 0 unspecified atom stereocenters. The molecule has 1 saturated carbocycles. The predicted molar refractivity (Wildman–Crippen MR) is 129 cm³/mol. The molecule has 2 aromatic rings. The minimum absolute atomic E-state index is 0.193. The van der Waals surface area contributed by atoms with Crippen LogP contribution in [0.1, 0.15) is 67.1 Å². The minimum atomic E-state index is -0.419. The molecule has 1 saturated heterocycles. The average molecular weight is 436 g/mol. The summed E-state index contributed by atoms with van der Waals surface area (Å²) < 4.78 is 0. The Bertz CT molecular complexity index is 928. The fourth-order valence-corrected chi connectivity index (χ4v) is 5.24. The summed E-state index contributed by atoms with van der Waals surface area (Å²) in [5.41, 5.74) is 3.04. The van der Waals surface area contributed by atoms with Crippen molar-refractivity contribution in [2.45, 2.75) is 63.3 Å². The second kappa shape index (κ2) is 9.57. The molecule has 0 bridgehead atoms. The highest BCUT2D eigenvalue weighted by atomic mass is 16.2. The number of amides is 1. The molecule has 2 aliphatic rings. The summed E-state index contributed by atoms with van der Waals surface area (Å²) in [7, 11) is 5.92. The Kier molecular flexibility index (Phi) is 6.79. The molecular formula is C26H37N5O. The lowest BCUT2D eigenvalue weighted by molar-refractivity contribution is -0.136. The fourth-order valence-electron chi connectivity index (χ4n) is 5.24. The van der Waals surface area contributed by atoms with Gasteiger partial charge >= 0.3 is 0 Å². The molecule has 4 rings (SSSR count). The Labute approximate surface area is 192 Å². The van der Waals surface area contributed by atoms with Gasteiger partial charge < -0.3 is 15.1 Å². The highest BCUT2D eigenvalue weighted by Gasteiger charge is 2.44. The highest BCUT2D eigenvalue weighted by molar-refractivity contribution is 5.88. The second-order valence-electron chi connectivity index (χ2n) is 9.82. The Morgan fingerprint density at radius 2 is 1.81 bits per heavy atom. The van der Waals surface area contributed by atoms with E-state index in [2.05, 4.69) is 42.6 Å². The molecule has 172 valence electrons. The lowest BCUT2D eigenvalue weighted by Crippen LogP contribution is -2.43. The molecule has 1 amide bonds. The average Bonchev–Trinajstić information content (AvgIpc) is 3.30. The van der Waals surface area contributed by atoms with E-state index in [1.165, 1.54) is 12.0 Å². The monoisotopic (exact) mass is 435 g/mol. The molecule has 2 heterocycles. The molecule has 1 N–H and O–H groups in total. The Hall–Kier alpha value is -2.47. The van der Waals surface area contributed by atoms with Crippen molar-refractivity contribution < 1.29 is 4.79 Å². The molecule has 0 radical (unpaired) electrons. The topological polar surface area (TPSA) is 61.4 Å². The fraction of sp³-hybridized carbons (Fsp3) is 0.577. The first-order valence-corrected chi connectivity index (χ1v) is 12.0. The number of rotatable bonds is 6. The zero-order valence-electron chi connectivity index (χ0n) is 20.0. The van der Waals surface area contributed by atoms with Crippen LogP contribution in [0.4, 0.5) is 5.82 Å². The predicted octanol–water partition coefficient (Wildman–Crippen LogP) is 3.79. The molecule has 1 atom stereocenters. The van der Waals surface area contributed by atoms with Crippen LogP contribution in [0.5, 0.6) is 0 Å². The number of likely N-dealkylation sites (N-methyl/N-ethyl adjacent to an activating group) is 1. The SMILES string of the molecule is Cc1ccc(C2(C(=O)N(C)Cc3nc([C@@H]4CCCNC4)cc(N(C)C)n3)CCCC2)cc1. The van der Waals surface area contributed by atoms with Gasteiger partial charge in [0.2, 0.25) is 5.91 Å². The molecule has 6 nitrogen and oxygen atoms in total. The van der Waals surface area contributed by atoms with Crippen LogP contribution in [0.2, 0.25) is 0 Å². The summed E-state index contributed by atoms with van der Waals surface area (Å²) in [5, 5.41) is 3.49. The van der Waals surface area contributed by atoms with E-state index in [-0.39, 0.29) is 5.91 Å². The van der Waals surface area contributed by atoms with Gasteiger partial charge in [0, 0.05) is 39.7 Å². The van der Waals surface area contributed by atoms with Crippen molar-refractivity contribution in [1.82, 2.24) is 20.2 Å². The highest BCUT2D eigenvalue weighted by Crippen LogP contribution is 2.42. The lowest BCUT2D eigenvalue weighted by atomic mass is 9.77. The summed E-state index contributed by atoms with van der Waals surface area (Å²) in [6, 6.07) is 10.6. The number of nitrogens with one attached hydrogen (secondary N) is 1. The van der Waals surface area contributed by atoms with Crippen molar-refractivity contribution >= 4 is 11.7 Å². The van der Waals surface area contributed by atoms with E-state index >= 15 is 0 Å². The van der Waals surface area contributed by atoms with E-state index in [4.69, 9.17) is 9.97 Å². The zero-order chi connectivity index (χ0) is 22.7. The van der Waals surface area contributed by atoms with Crippen LogP contribution in [0, 0.1) is 6.92 Å². The smallest absolute Gasteiger partial charge is 0.233 e. The third-order valence-electron chi connectivity index (χ3n) is 7.15. The van der Waals surface area contributed by atoms with Crippen molar-refractivity contribution in [3.8, 4) is 0 Å². The van der Waals surface area contributed by atoms with Gasteiger partial charge in [-0.25, -0.2) is 9.97 Å². The minimum Gasteiger partial charge on any atom is -0.363 e. The van der Waals surface area contributed by atoms with Crippen molar-refractivity contribution in [2.75, 3.05) is 39.1 Å². The number of aryl methyl sites for hydroxylation is 1. The van der Waals surface area contributed by atoms with Gasteiger partial charge in [-0.15, -0.1) is 0 Å². The largest absolute Gasteiger partial charge is 0.363 e. The molecule has 32 heavy (non-hydrogen) atoms. The summed E-state index contributed by atoms with van der Waals surface area (Å²) in [6.07, 6.45) is 6.33. The van der Waals surface area contributed by atoms with E-state index < -0.39 is 5.41 Å². The van der Waals surface area contributed by atoms with Gasteiger partial charge in [0.05, 0.1) is 17.7 Å². The van der Waals surface area contributed by atoms with Crippen LogP contribution in [0.3, 0.4) is 0 Å². The Balaban J connectivity index is 1.59. The standard InChI is InChI=1S/C26H37N5O/c1-19-9-11-21(12-10-19)26(13-5-6-14-26)25(32)31(4)18-23-28-22(16-24(29-23)30(2)3)20-8-7-15-27-17-20/h9-12,16,20,27H,5-8,13-15,17-18H2,1-4H3/t20-/m1/s1. The number of hydrogen-bond acceptors (Lipinski definition) is 5.